The molecule has 0 fully saturated rings. The predicted molar refractivity (Wildman–Crippen MR) is 43.1 cm³/mol. The molecule has 0 spiro atoms. The standard InChI is InChI=1S/C6H11NO4.Na.H/c1-3-5(8)10-7-11-6(9)4-2;;/h7H,3-4H2,1-2H3;;. The number of rotatable bonds is 4. The van der Waals surface area contributed by atoms with Crippen LogP contribution in [0.3, 0.4) is 0 Å². The second-order valence-electron chi connectivity index (χ2n) is 1.74. The van der Waals surface area contributed by atoms with Crippen LogP contribution in [0.4, 0.5) is 0 Å². The van der Waals surface area contributed by atoms with Crippen LogP contribution in [0, 0.1) is 0 Å². The molecule has 66 valence electrons. The Morgan fingerprint density at radius 2 is 1.42 bits per heavy atom. The SMILES string of the molecule is CCC(=O)ONOC(=O)CC.[NaH]. The van der Waals surface area contributed by atoms with Crippen LogP contribution in [0.5, 0.6) is 0 Å². The Balaban J connectivity index is 0. The van der Waals surface area contributed by atoms with Gasteiger partial charge in [0.15, 0.2) is 0 Å². The predicted octanol–water partition coefficient (Wildman–Crippen LogP) is -0.336. The maximum absolute atomic E-state index is 10.4. The fourth-order valence-electron chi connectivity index (χ4n) is 0.258. The van der Waals surface area contributed by atoms with Crippen LogP contribution in [-0.4, -0.2) is 41.5 Å². The summed E-state index contributed by atoms with van der Waals surface area (Å²) in [6, 6.07) is 0. The molecule has 12 heavy (non-hydrogen) atoms. The normalized spacial score (nSPS) is 8.17. The van der Waals surface area contributed by atoms with Crippen molar-refractivity contribution in [2.45, 2.75) is 26.7 Å². The number of hydrogen-bond acceptors (Lipinski definition) is 5. The molecule has 0 aliphatic heterocycles. The van der Waals surface area contributed by atoms with Gasteiger partial charge in [-0.3, -0.25) is 9.59 Å². The molecule has 0 atom stereocenters. The van der Waals surface area contributed by atoms with Crippen molar-refractivity contribution in [2.24, 2.45) is 0 Å². The van der Waals surface area contributed by atoms with Gasteiger partial charge in [-0.1, -0.05) is 13.8 Å². The third-order valence-electron chi connectivity index (χ3n) is 0.888. The van der Waals surface area contributed by atoms with Crippen LogP contribution >= 0.6 is 0 Å². The van der Waals surface area contributed by atoms with E-state index in [1.807, 2.05) is 0 Å². The molecule has 0 bridgehead atoms. The molecule has 0 saturated heterocycles. The van der Waals surface area contributed by atoms with Crippen molar-refractivity contribution in [3.63, 3.8) is 0 Å². The number of carbonyl (C=O) groups excluding carboxylic acids is 2. The van der Waals surface area contributed by atoms with Gasteiger partial charge in [0.25, 0.3) is 0 Å². The summed E-state index contributed by atoms with van der Waals surface area (Å²) in [5, 5.41) is 0. The molecule has 0 heterocycles. The molecule has 5 nitrogen and oxygen atoms in total. The number of nitrogens with one attached hydrogen (secondary N) is 1. The van der Waals surface area contributed by atoms with E-state index in [-0.39, 0.29) is 42.4 Å². The zero-order valence-corrected chi connectivity index (χ0v) is 6.55. The van der Waals surface area contributed by atoms with Crippen molar-refractivity contribution in [2.75, 3.05) is 0 Å². The van der Waals surface area contributed by atoms with E-state index in [4.69, 9.17) is 0 Å². The fraction of sp³-hybridized carbons (Fsp3) is 0.667. The van der Waals surface area contributed by atoms with E-state index in [2.05, 4.69) is 9.68 Å². The number of hydrogen-bond donors (Lipinski definition) is 1. The average Bonchev–Trinajstić information content (AvgIpc) is 2.04. The summed E-state index contributed by atoms with van der Waals surface area (Å²) in [6.45, 7) is 3.26. The molecule has 0 aliphatic rings. The zero-order chi connectivity index (χ0) is 8.69. The van der Waals surface area contributed by atoms with Gasteiger partial charge in [0.2, 0.25) is 0 Å². The van der Waals surface area contributed by atoms with Crippen LogP contribution < -0.4 is 5.64 Å². The van der Waals surface area contributed by atoms with E-state index in [9.17, 15) is 9.59 Å². The van der Waals surface area contributed by atoms with Crippen molar-refractivity contribution in [1.82, 2.24) is 5.64 Å². The molecule has 0 radical (unpaired) electrons. The third-order valence-corrected chi connectivity index (χ3v) is 0.888. The van der Waals surface area contributed by atoms with Gasteiger partial charge in [-0.15, -0.1) is 0 Å². The summed E-state index contributed by atoms with van der Waals surface area (Å²) in [4.78, 5) is 29.3. The zero-order valence-electron chi connectivity index (χ0n) is 6.55. The second kappa shape index (κ2) is 8.99. The Morgan fingerprint density at radius 3 is 1.67 bits per heavy atom. The Labute approximate surface area is 93.0 Å². The first-order chi connectivity index (χ1) is 5.20. The Bertz CT molecular complexity index is 134. The summed E-state index contributed by atoms with van der Waals surface area (Å²) >= 11 is 0. The van der Waals surface area contributed by atoms with Gasteiger partial charge in [-0.05, 0) is 0 Å². The Morgan fingerprint density at radius 1 is 1.08 bits per heavy atom. The maximum atomic E-state index is 10.4. The van der Waals surface area contributed by atoms with Crippen LogP contribution in [0.25, 0.3) is 0 Å². The monoisotopic (exact) mass is 185 g/mol. The first-order valence-corrected chi connectivity index (χ1v) is 3.35. The Kier molecular flexibility index (Phi) is 10.8. The van der Waals surface area contributed by atoms with E-state index in [0.717, 1.165) is 0 Å². The van der Waals surface area contributed by atoms with Crippen molar-refractivity contribution in [1.29, 1.82) is 0 Å². The van der Waals surface area contributed by atoms with Gasteiger partial charge in [-0.25, -0.2) is 0 Å². The van der Waals surface area contributed by atoms with Crippen molar-refractivity contribution >= 4 is 41.5 Å². The van der Waals surface area contributed by atoms with E-state index in [1.165, 1.54) is 0 Å². The molecule has 6 heteroatoms. The summed E-state index contributed by atoms with van der Waals surface area (Å²) in [7, 11) is 0. The Hall–Kier alpha value is -0.100. The molecule has 0 amide bonds. The summed E-state index contributed by atoms with van der Waals surface area (Å²) in [5.41, 5.74) is 1.79. The average molecular weight is 185 g/mol. The topological polar surface area (TPSA) is 64.6 Å². The van der Waals surface area contributed by atoms with Crippen LogP contribution in [0.2, 0.25) is 0 Å². The molecule has 0 aromatic carbocycles. The van der Waals surface area contributed by atoms with Gasteiger partial charge in [-0.2, -0.15) is 0 Å². The molecule has 0 unspecified atom stereocenters. The third kappa shape index (κ3) is 8.00. The quantitative estimate of drug-likeness (QED) is 0.479. The van der Waals surface area contributed by atoms with Crippen molar-refractivity contribution in [3.05, 3.63) is 0 Å². The van der Waals surface area contributed by atoms with E-state index >= 15 is 0 Å². The van der Waals surface area contributed by atoms with Crippen LogP contribution in [0.1, 0.15) is 26.7 Å². The first kappa shape index (κ1) is 14.4. The van der Waals surface area contributed by atoms with E-state index in [0.29, 0.717) is 0 Å². The molecule has 0 rings (SSSR count). The molecule has 1 N–H and O–H groups in total. The van der Waals surface area contributed by atoms with Gasteiger partial charge in [0.1, 0.15) is 0 Å². The molecule has 0 saturated carbocycles. The molecular weight excluding hydrogens is 173 g/mol. The molecule has 0 aromatic rings. The minimum atomic E-state index is -0.478. The second-order valence-corrected chi connectivity index (χ2v) is 1.74. The van der Waals surface area contributed by atoms with Gasteiger partial charge in [0, 0.05) is 18.5 Å². The van der Waals surface area contributed by atoms with Crippen LogP contribution in [0.15, 0.2) is 0 Å². The van der Waals surface area contributed by atoms with Gasteiger partial charge < -0.3 is 9.68 Å². The molecule has 0 aliphatic carbocycles. The summed E-state index contributed by atoms with van der Waals surface area (Å²) in [5.74, 6) is -0.956. The minimum absolute atomic E-state index is 0. The molecular formula is C6H12NNaO4. The van der Waals surface area contributed by atoms with E-state index in [1.54, 1.807) is 19.5 Å². The number of carbonyl (C=O) groups is 2. The van der Waals surface area contributed by atoms with Gasteiger partial charge in [0.05, 0.1) is 0 Å². The van der Waals surface area contributed by atoms with Crippen molar-refractivity contribution in [3.8, 4) is 0 Å². The van der Waals surface area contributed by atoms with Crippen LogP contribution in [-0.2, 0) is 19.3 Å². The molecule has 0 aromatic heterocycles. The van der Waals surface area contributed by atoms with E-state index < -0.39 is 11.9 Å². The summed E-state index contributed by atoms with van der Waals surface area (Å²) in [6.07, 6.45) is 0.466. The fourth-order valence-corrected chi connectivity index (χ4v) is 0.258. The first-order valence-electron chi connectivity index (χ1n) is 3.35. The summed E-state index contributed by atoms with van der Waals surface area (Å²) < 4.78 is 0. The van der Waals surface area contributed by atoms with Gasteiger partial charge >= 0.3 is 41.5 Å². The van der Waals surface area contributed by atoms with Crippen molar-refractivity contribution < 1.29 is 19.3 Å².